The molecule has 3 heterocycles. The Balaban J connectivity index is 1.32. The first-order valence-corrected chi connectivity index (χ1v) is 10.5. The number of rotatable bonds is 5. The summed E-state index contributed by atoms with van der Waals surface area (Å²) in [6, 6.07) is 4.59. The molecule has 160 valence electrons. The van der Waals surface area contributed by atoms with Crippen LogP contribution < -0.4 is 5.73 Å². The van der Waals surface area contributed by atoms with E-state index >= 15 is 0 Å². The van der Waals surface area contributed by atoms with Crippen molar-refractivity contribution < 1.29 is 13.7 Å². The molecule has 1 aromatic carbocycles. The predicted octanol–water partition coefficient (Wildman–Crippen LogP) is 2.68. The van der Waals surface area contributed by atoms with Crippen LogP contribution in [0.4, 0.5) is 4.39 Å². The fourth-order valence-corrected chi connectivity index (χ4v) is 4.20. The predicted molar refractivity (Wildman–Crippen MR) is 114 cm³/mol. The van der Waals surface area contributed by atoms with Gasteiger partial charge in [-0.1, -0.05) is 5.16 Å². The van der Waals surface area contributed by atoms with Crippen molar-refractivity contribution in [2.24, 2.45) is 10.7 Å². The fourth-order valence-electron chi connectivity index (χ4n) is 4.20. The molecule has 2 N–H and O–H groups in total. The largest absolute Gasteiger partial charge is 0.402 e. The number of likely N-dealkylation sites (tertiary alicyclic amines) is 1. The van der Waals surface area contributed by atoms with E-state index in [-0.39, 0.29) is 11.7 Å². The lowest BCUT2D eigenvalue weighted by atomic mass is 9.91. The van der Waals surface area contributed by atoms with Crippen LogP contribution in [0.5, 0.6) is 0 Å². The molecule has 8 heteroatoms. The Morgan fingerprint density at radius 3 is 2.73 bits per heavy atom. The Morgan fingerprint density at radius 1 is 1.23 bits per heavy atom. The highest BCUT2D eigenvalue weighted by atomic mass is 19.1. The Kier molecular flexibility index (Phi) is 5.85. The van der Waals surface area contributed by atoms with E-state index in [4.69, 9.17) is 10.3 Å². The highest BCUT2D eigenvalue weighted by Crippen LogP contribution is 2.32. The first-order chi connectivity index (χ1) is 14.4. The Labute approximate surface area is 175 Å². The Bertz CT molecular complexity index is 1000. The molecular weight excluding hydrogens is 385 g/mol. The summed E-state index contributed by atoms with van der Waals surface area (Å²) in [5, 5.41) is 5.11. The van der Waals surface area contributed by atoms with Crippen LogP contribution in [0.25, 0.3) is 11.0 Å². The van der Waals surface area contributed by atoms with Gasteiger partial charge >= 0.3 is 0 Å². The van der Waals surface area contributed by atoms with Crippen LogP contribution in [0.1, 0.15) is 38.3 Å². The van der Waals surface area contributed by atoms with Crippen LogP contribution in [-0.2, 0) is 4.79 Å². The molecule has 0 atom stereocenters. The zero-order valence-corrected chi connectivity index (χ0v) is 17.5. The quantitative estimate of drug-likeness (QED) is 0.814. The summed E-state index contributed by atoms with van der Waals surface area (Å²) in [6.07, 6.45) is 1.93. The summed E-state index contributed by atoms with van der Waals surface area (Å²) >= 11 is 0. The molecule has 0 saturated carbocycles. The minimum Gasteiger partial charge on any atom is -0.402 e. The third-order valence-corrected chi connectivity index (χ3v) is 6.20. The van der Waals surface area contributed by atoms with Gasteiger partial charge in [0.1, 0.15) is 11.5 Å². The second kappa shape index (κ2) is 8.55. The average molecular weight is 413 g/mol. The van der Waals surface area contributed by atoms with Crippen LogP contribution in [0.2, 0.25) is 0 Å². The minimum absolute atomic E-state index is 0.0280. The van der Waals surface area contributed by atoms with Gasteiger partial charge in [0.2, 0.25) is 0 Å². The Hall–Kier alpha value is -2.74. The molecule has 2 aliphatic heterocycles. The number of aromatic nitrogens is 1. The third kappa shape index (κ3) is 4.09. The zero-order valence-electron chi connectivity index (χ0n) is 17.5. The first-order valence-electron chi connectivity index (χ1n) is 10.5. The van der Waals surface area contributed by atoms with Gasteiger partial charge < -0.3 is 20.1 Å². The molecule has 4 rings (SSSR count). The third-order valence-electron chi connectivity index (χ3n) is 6.20. The Morgan fingerprint density at radius 2 is 2.00 bits per heavy atom. The van der Waals surface area contributed by atoms with Crippen molar-refractivity contribution in [2.45, 2.75) is 32.6 Å². The minimum atomic E-state index is -0.312. The van der Waals surface area contributed by atoms with Crippen LogP contribution >= 0.6 is 0 Å². The number of amides is 1. The topological polar surface area (TPSA) is 88.0 Å². The van der Waals surface area contributed by atoms with E-state index in [1.807, 2.05) is 11.8 Å². The van der Waals surface area contributed by atoms with Gasteiger partial charge in [0.15, 0.2) is 5.58 Å². The summed E-state index contributed by atoms with van der Waals surface area (Å²) in [5.74, 6) is -0.0313. The van der Waals surface area contributed by atoms with E-state index in [9.17, 15) is 9.18 Å². The number of nitrogens with zero attached hydrogens (tertiary/aromatic N) is 4. The molecule has 0 bridgehead atoms. The van der Waals surface area contributed by atoms with Crippen LogP contribution in [-0.4, -0.2) is 65.8 Å². The summed E-state index contributed by atoms with van der Waals surface area (Å²) in [6.45, 7) is 8.30. The SMILES string of the molecule is C/C(N)=C(\C)C1=NCCN(CCN2CCC(c3noc4cc(F)ccc34)CC2)C1=O. The van der Waals surface area contributed by atoms with Crippen molar-refractivity contribution in [3.05, 3.63) is 41.0 Å². The van der Waals surface area contributed by atoms with Crippen molar-refractivity contribution in [3.63, 3.8) is 0 Å². The second-order valence-corrected chi connectivity index (χ2v) is 8.15. The van der Waals surface area contributed by atoms with Crippen LogP contribution in [0, 0.1) is 5.82 Å². The number of allylic oxidation sites excluding steroid dienone is 1. The summed E-state index contributed by atoms with van der Waals surface area (Å²) in [5.41, 5.74) is 9.18. The standard InChI is InChI=1S/C22H28FN5O2/c1-14(15(2)24)20-22(29)28(10-7-25-20)12-11-27-8-5-16(6-9-27)21-18-4-3-17(23)13-19(18)30-26-21/h3-4,13,16H,5-12,24H2,1-2H3/b15-14-. The van der Waals surface area contributed by atoms with E-state index in [1.54, 1.807) is 13.0 Å². The maximum absolute atomic E-state index is 13.4. The number of fused-ring (bicyclic) bond motifs is 1. The van der Waals surface area contributed by atoms with Gasteiger partial charge in [-0.2, -0.15) is 0 Å². The lowest BCUT2D eigenvalue weighted by molar-refractivity contribution is -0.124. The number of hydrogen-bond acceptors (Lipinski definition) is 6. The van der Waals surface area contributed by atoms with Gasteiger partial charge in [-0.05, 0) is 57.5 Å². The molecule has 1 amide bonds. The molecule has 30 heavy (non-hydrogen) atoms. The number of aliphatic imine (C=N–C) groups is 1. The number of carbonyl (C=O) groups is 1. The normalized spacial score (nSPS) is 19.9. The molecule has 2 aliphatic rings. The molecule has 1 saturated heterocycles. The molecule has 0 aliphatic carbocycles. The van der Waals surface area contributed by atoms with E-state index < -0.39 is 0 Å². The number of carbonyl (C=O) groups excluding carboxylic acids is 1. The van der Waals surface area contributed by atoms with Crippen molar-refractivity contribution >= 4 is 22.6 Å². The number of hydrogen-bond donors (Lipinski definition) is 1. The molecule has 7 nitrogen and oxygen atoms in total. The van der Waals surface area contributed by atoms with E-state index in [2.05, 4.69) is 15.0 Å². The van der Waals surface area contributed by atoms with Crippen molar-refractivity contribution in [2.75, 3.05) is 39.3 Å². The summed E-state index contributed by atoms with van der Waals surface area (Å²) < 4.78 is 18.7. The molecule has 0 unspecified atom stereocenters. The van der Waals surface area contributed by atoms with Gasteiger partial charge in [0.25, 0.3) is 5.91 Å². The highest BCUT2D eigenvalue weighted by Gasteiger charge is 2.28. The van der Waals surface area contributed by atoms with Gasteiger partial charge in [-0.3, -0.25) is 9.79 Å². The summed E-state index contributed by atoms with van der Waals surface area (Å²) in [4.78, 5) is 21.4. The van der Waals surface area contributed by atoms with Crippen LogP contribution in [0.3, 0.4) is 0 Å². The van der Waals surface area contributed by atoms with Gasteiger partial charge in [0.05, 0.1) is 12.2 Å². The molecule has 2 aromatic rings. The first kappa shape index (κ1) is 20.5. The van der Waals surface area contributed by atoms with Crippen molar-refractivity contribution in [1.29, 1.82) is 0 Å². The lowest BCUT2D eigenvalue weighted by Crippen LogP contribution is -2.47. The fraction of sp³-hybridized carbons (Fsp3) is 0.500. The monoisotopic (exact) mass is 413 g/mol. The maximum Gasteiger partial charge on any atom is 0.272 e. The van der Waals surface area contributed by atoms with E-state index in [0.29, 0.717) is 42.5 Å². The molecule has 1 fully saturated rings. The number of benzene rings is 1. The lowest BCUT2D eigenvalue weighted by Gasteiger charge is -2.34. The van der Waals surface area contributed by atoms with Crippen molar-refractivity contribution in [3.8, 4) is 0 Å². The smallest absolute Gasteiger partial charge is 0.272 e. The maximum atomic E-state index is 13.4. The summed E-state index contributed by atoms with van der Waals surface area (Å²) in [7, 11) is 0. The zero-order chi connectivity index (χ0) is 21.3. The van der Waals surface area contributed by atoms with E-state index in [1.165, 1.54) is 12.1 Å². The molecular formula is C22H28FN5O2. The van der Waals surface area contributed by atoms with Crippen LogP contribution in [0.15, 0.2) is 39.0 Å². The molecule has 1 aromatic heterocycles. The average Bonchev–Trinajstić information content (AvgIpc) is 3.16. The highest BCUT2D eigenvalue weighted by molar-refractivity contribution is 6.45. The van der Waals surface area contributed by atoms with Crippen molar-refractivity contribution in [1.82, 2.24) is 15.0 Å². The van der Waals surface area contributed by atoms with Gasteiger partial charge in [-0.15, -0.1) is 0 Å². The number of halogens is 1. The number of nitrogens with two attached hydrogens (primary N) is 1. The van der Waals surface area contributed by atoms with E-state index in [0.717, 1.165) is 49.1 Å². The second-order valence-electron chi connectivity index (χ2n) is 8.15. The van der Waals surface area contributed by atoms with Gasteiger partial charge in [-0.25, -0.2) is 4.39 Å². The van der Waals surface area contributed by atoms with Gasteiger partial charge in [0, 0.05) is 42.7 Å². The number of piperidine rings is 1. The molecule has 0 radical (unpaired) electrons. The molecule has 0 spiro atoms.